The molecule has 2 heterocycles. The number of carbonyl (C=O) groups is 3. The molecule has 1 fully saturated rings. The Kier molecular flexibility index (Phi) is 6.59. The SMILES string of the molecule is CC(=O)OCC(C)(C)C[C@@H]1N[C@@H](C(=O)O)[C@@H](c2cccc(Cl)c2F)C12C(=O)Nc1cc(Cl)ccc12. The van der Waals surface area contributed by atoms with E-state index in [0.29, 0.717) is 16.3 Å². The highest BCUT2D eigenvalue weighted by molar-refractivity contribution is 6.31. The summed E-state index contributed by atoms with van der Waals surface area (Å²) in [7, 11) is 0. The van der Waals surface area contributed by atoms with Crippen LogP contribution in [0.25, 0.3) is 0 Å². The minimum atomic E-state index is -1.50. The van der Waals surface area contributed by atoms with Crippen molar-refractivity contribution < 1.29 is 28.6 Å². The number of hydrogen-bond donors (Lipinski definition) is 3. The standard InChI is InChI=1S/C25H25Cl2FN2O5/c1-12(31)35-11-24(2,3)10-18-25(15-8-7-13(26)9-17(15)29-23(25)34)19(21(30-18)22(32)33)14-5-4-6-16(27)20(14)28/h4-9,18-19,21,30H,10-11H2,1-3H3,(H,29,34)(H,32,33)/t18-,19+,21+,25?/m0/s1. The van der Waals surface area contributed by atoms with E-state index < -0.39 is 52.5 Å². The molecule has 0 radical (unpaired) electrons. The van der Waals surface area contributed by atoms with Gasteiger partial charge in [-0.25, -0.2) is 4.39 Å². The Morgan fingerprint density at radius 2 is 1.94 bits per heavy atom. The second kappa shape index (κ2) is 9.08. The third-order valence-corrected chi connectivity index (χ3v) is 7.34. The van der Waals surface area contributed by atoms with Crippen molar-refractivity contribution in [1.29, 1.82) is 0 Å². The summed E-state index contributed by atoms with van der Waals surface area (Å²) in [5.41, 5.74) is -1.17. The van der Waals surface area contributed by atoms with Crippen molar-refractivity contribution in [2.24, 2.45) is 5.41 Å². The lowest BCUT2D eigenvalue weighted by Gasteiger charge is -2.38. The molecular formula is C25H25Cl2FN2O5. The van der Waals surface area contributed by atoms with Gasteiger partial charge in [0.2, 0.25) is 5.91 Å². The van der Waals surface area contributed by atoms with Gasteiger partial charge in [0.1, 0.15) is 17.3 Å². The largest absolute Gasteiger partial charge is 0.480 e. The summed E-state index contributed by atoms with van der Waals surface area (Å²) >= 11 is 12.2. The smallest absolute Gasteiger partial charge is 0.321 e. The van der Waals surface area contributed by atoms with Crippen molar-refractivity contribution in [3.63, 3.8) is 0 Å². The topological polar surface area (TPSA) is 105 Å². The molecule has 0 aliphatic carbocycles. The molecule has 1 spiro atoms. The lowest BCUT2D eigenvalue weighted by atomic mass is 9.62. The fourth-order valence-corrected chi connectivity index (χ4v) is 5.79. The van der Waals surface area contributed by atoms with Crippen molar-refractivity contribution in [2.75, 3.05) is 11.9 Å². The van der Waals surface area contributed by atoms with E-state index in [1.807, 2.05) is 13.8 Å². The van der Waals surface area contributed by atoms with Gasteiger partial charge in [0, 0.05) is 35.0 Å². The number of amides is 1. The number of anilines is 1. The van der Waals surface area contributed by atoms with E-state index in [9.17, 15) is 19.5 Å². The number of nitrogens with one attached hydrogen (secondary N) is 2. The van der Waals surface area contributed by atoms with Gasteiger partial charge in [-0.1, -0.05) is 55.2 Å². The normalized spacial score (nSPS) is 25.4. The summed E-state index contributed by atoms with van der Waals surface area (Å²) in [5.74, 6) is -4.06. The third kappa shape index (κ3) is 4.28. The van der Waals surface area contributed by atoms with Crippen LogP contribution >= 0.6 is 23.2 Å². The second-order valence-corrected chi connectivity index (χ2v) is 10.7. The highest BCUT2D eigenvalue weighted by Crippen LogP contribution is 2.57. The van der Waals surface area contributed by atoms with Gasteiger partial charge in [0.25, 0.3) is 0 Å². The first kappa shape index (κ1) is 25.4. The molecule has 1 amide bonds. The van der Waals surface area contributed by atoms with Crippen molar-refractivity contribution in [1.82, 2.24) is 5.32 Å². The zero-order valence-corrected chi connectivity index (χ0v) is 20.8. The first-order valence-corrected chi connectivity index (χ1v) is 11.8. The Morgan fingerprint density at radius 1 is 1.23 bits per heavy atom. The molecule has 0 aromatic heterocycles. The molecule has 0 bridgehead atoms. The summed E-state index contributed by atoms with van der Waals surface area (Å²) in [6.45, 7) is 5.06. The van der Waals surface area contributed by atoms with Crippen molar-refractivity contribution in [3.05, 3.63) is 63.4 Å². The number of benzene rings is 2. The third-order valence-electron chi connectivity index (χ3n) is 6.81. The molecule has 7 nitrogen and oxygen atoms in total. The van der Waals surface area contributed by atoms with Crippen LogP contribution in [0, 0.1) is 11.2 Å². The summed E-state index contributed by atoms with van der Waals surface area (Å²) in [5, 5.41) is 16.3. The van der Waals surface area contributed by atoms with Crippen LogP contribution in [0.4, 0.5) is 10.1 Å². The van der Waals surface area contributed by atoms with Gasteiger partial charge in [-0.05, 0) is 35.7 Å². The fraction of sp³-hybridized carbons (Fsp3) is 0.400. The molecule has 2 aromatic carbocycles. The minimum absolute atomic E-state index is 0.0237. The van der Waals surface area contributed by atoms with Crippen LogP contribution in [-0.4, -0.2) is 41.6 Å². The Labute approximate surface area is 211 Å². The molecule has 10 heteroatoms. The fourth-order valence-electron chi connectivity index (χ4n) is 5.44. The maximum Gasteiger partial charge on any atom is 0.321 e. The van der Waals surface area contributed by atoms with E-state index in [-0.39, 0.29) is 23.6 Å². The van der Waals surface area contributed by atoms with Gasteiger partial charge in [0.05, 0.1) is 11.6 Å². The summed E-state index contributed by atoms with van der Waals surface area (Å²) < 4.78 is 20.6. The van der Waals surface area contributed by atoms with Crippen LogP contribution < -0.4 is 10.6 Å². The number of hydrogen-bond acceptors (Lipinski definition) is 5. The summed E-state index contributed by atoms with van der Waals surface area (Å²) in [6, 6.07) is 7.17. The first-order valence-electron chi connectivity index (χ1n) is 11.1. The zero-order valence-electron chi connectivity index (χ0n) is 19.3. The number of esters is 1. The predicted molar refractivity (Wildman–Crippen MR) is 129 cm³/mol. The Hall–Kier alpha value is -2.68. The Morgan fingerprint density at radius 3 is 2.60 bits per heavy atom. The van der Waals surface area contributed by atoms with E-state index in [4.69, 9.17) is 27.9 Å². The average molecular weight is 523 g/mol. The average Bonchev–Trinajstić information content (AvgIpc) is 3.24. The van der Waals surface area contributed by atoms with Gasteiger partial charge in [0.15, 0.2) is 0 Å². The molecule has 0 saturated carbocycles. The van der Waals surface area contributed by atoms with Crippen LogP contribution in [0.5, 0.6) is 0 Å². The van der Waals surface area contributed by atoms with Crippen molar-refractivity contribution >= 4 is 46.7 Å². The van der Waals surface area contributed by atoms with Gasteiger partial charge in [-0.3, -0.25) is 19.7 Å². The molecular weight excluding hydrogens is 498 g/mol. The number of aliphatic carboxylic acids is 1. The van der Waals surface area contributed by atoms with Crippen LogP contribution in [-0.2, 0) is 24.5 Å². The van der Waals surface area contributed by atoms with Crippen molar-refractivity contribution in [3.8, 4) is 0 Å². The zero-order chi connectivity index (χ0) is 25.7. The number of ether oxygens (including phenoxy) is 1. The maximum atomic E-state index is 15.4. The number of carboxylic acid groups (broad SMARTS) is 1. The highest BCUT2D eigenvalue weighted by atomic mass is 35.5. The lowest BCUT2D eigenvalue weighted by molar-refractivity contribution is -0.144. The minimum Gasteiger partial charge on any atom is -0.480 e. The molecule has 2 aromatic rings. The van der Waals surface area contributed by atoms with Crippen LogP contribution in [0.15, 0.2) is 36.4 Å². The molecule has 3 N–H and O–H groups in total. The molecule has 2 aliphatic rings. The summed E-state index contributed by atoms with van der Waals surface area (Å²) in [6.07, 6.45) is 0.248. The van der Waals surface area contributed by atoms with E-state index in [1.54, 1.807) is 18.2 Å². The van der Waals surface area contributed by atoms with E-state index >= 15 is 4.39 Å². The Bertz CT molecular complexity index is 1220. The van der Waals surface area contributed by atoms with E-state index in [2.05, 4.69) is 10.6 Å². The molecule has 35 heavy (non-hydrogen) atoms. The molecule has 1 saturated heterocycles. The van der Waals surface area contributed by atoms with Gasteiger partial charge >= 0.3 is 11.9 Å². The predicted octanol–water partition coefficient (Wildman–Crippen LogP) is 4.51. The first-order chi connectivity index (χ1) is 16.4. The van der Waals surface area contributed by atoms with Crippen molar-refractivity contribution in [2.45, 2.75) is 50.6 Å². The van der Waals surface area contributed by atoms with Crippen LogP contribution in [0.3, 0.4) is 0 Å². The number of carboxylic acids is 1. The van der Waals surface area contributed by atoms with Gasteiger partial charge in [-0.2, -0.15) is 0 Å². The molecule has 186 valence electrons. The maximum absolute atomic E-state index is 15.4. The quantitative estimate of drug-likeness (QED) is 0.482. The van der Waals surface area contributed by atoms with E-state index in [1.165, 1.54) is 25.1 Å². The number of carbonyl (C=O) groups excluding carboxylic acids is 2. The monoisotopic (exact) mass is 522 g/mol. The number of rotatable bonds is 6. The number of fused-ring (bicyclic) bond motifs is 2. The molecule has 1 unspecified atom stereocenters. The van der Waals surface area contributed by atoms with Gasteiger partial charge in [-0.15, -0.1) is 0 Å². The molecule has 4 atom stereocenters. The van der Waals surface area contributed by atoms with Crippen LogP contribution in [0.2, 0.25) is 10.0 Å². The lowest BCUT2D eigenvalue weighted by Crippen LogP contribution is -2.50. The van der Waals surface area contributed by atoms with E-state index in [0.717, 1.165) is 0 Å². The second-order valence-electron chi connectivity index (χ2n) is 9.82. The number of halogens is 3. The highest BCUT2D eigenvalue weighted by Gasteiger charge is 2.66. The molecule has 4 rings (SSSR count). The summed E-state index contributed by atoms with van der Waals surface area (Å²) in [4.78, 5) is 37.8. The van der Waals surface area contributed by atoms with Crippen LogP contribution in [0.1, 0.15) is 44.2 Å². The Balaban J connectivity index is 1.95. The van der Waals surface area contributed by atoms with Gasteiger partial charge < -0.3 is 15.2 Å². The molecule has 2 aliphatic heterocycles.